The molecule has 0 aromatic carbocycles. The Hall–Kier alpha value is -0.670. The SMILES string of the molecule is ClCc1cnc(C2CCCOC2)nc1. The van der Waals surface area contributed by atoms with Gasteiger partial charge in [-0.3, -0.25) is 0 Å². The molecule has 1 unspecified atom stereocenters. The zero-order valence-corrected chi connectivity index (χ0v) is 8.70. The van der Waals surface area contributed by atoms with Crippen molar-refractivity contribution in [1.29, 1.82) is 0 Å². The van der Waals surface area contributed by atoms with Crippen molar-refractivity contribution >= 4 is 11.6 Å². The van der Waals surface area contributed by atoms with Gasteiger partial charge in [-0.25, -0.2) is 9.97 Å². The largest absolute Gasteiger partial charge is 0.381 e. The molecule has 0 spiro atoms. The fourth-order valence-corrected chi connectivity index (χ4v) is 1.73. The van der Waals surface area contributed by atoms with E-state index in [1.165, 1.54) is 0 Å². The van der Waals surface area contributed by atoms with E-state index in [4.69, 9.17) is 16.3 Å². The summed E-state index contributed by atoms with van der Waals surface area (Å²) in [5.41, 5.74) is 0.965. The van der Waals surface area contributed by atoms with Crippen LogP contribution in [0, 0.1) is 0 Å². The number of rotatable bonds is 2. The van der Waals surface area contributed by atoms with Crippen molar-refractivity contribution in [3.8, 4) is 0 Å². The average Bonchev–Trinajstić information content (AvgIpc) is 2.30. The predicted octanol–water partition coefficient (Wildman–Crippen LogP) is 2.11. The van der Waals surface area contributed by atoms with Crippen LogP contribution < -0.4 is 0 Å². The summed E-state index contributed by atoms with van der Waals surface area (Å²) in [6.07, 6.45) is 5.82. The Morgan fingerprint density at radius 3 is 2.79 bits per heavy atom. The lowest BCUT2D eigenvalue weighted by atomic mass is 10.0. The maximum atomic E-state index is 5.66. The van der Waals surface area contributed by atoms with Crippen molar-refractivity contribution in [3.63, 3.8) is 0 Å². The van der Waals surface area contributed by atoms with Gasteiger partial charge in [0.15, 0.2) is 0 Å². The second-order valence-corrected chi connectivity index (χ2v) is 3.76. The smallest absolute Gasteiger partial charge is 0.133 e. The van der Waals surface area contributed by atoms with Crippen LogP contribution in [0.1, 0.15) is 30.1 Å². The number of aromatic nitrogens is 2. The van der Waals surface area contributed by atoms with Crippen molar-refractivity contribution in [2.45, 2.75) is 24.6 Å². The van der Waals surface area contributed by atoms with Crippen LogP contribution in [-0.2, 0) is 10.6 Å². The van der Waals surface area contributed by atoms with E-state index in [1.54, 1.807) is 12.4 Å². The van der Waals surface area contributed by atoms with E-state index in [0.717, 1.165) is 37.4 Å². The minimum absolute atomic E-state index is 0.369. The zero-order chi connectivity index (χ0) is 9.80. The van der Waals surface area contributed by atoms with Gasteiger partial charge in [0, 0.05) is 30.5 Å². The van der Waals surface area contributed by atoms with Gasteiger partial charge in [-0.2, -0.15) is 0 Å². The van der Waals surface area contributed by atoms with E-state index in [1.807, 2.05) is 0 Å². The van der Waals surface area contributed by atoms with E-state index in [-0.39, 0.29) is 0 Å². The van der Waals surface area contributed by atoms with Crippen LogP contribution in [-0.4, -0.2) is 23.2 Å². The summed E-state index contributed by atoms with van der Waals surface area (Å²) in [7, 11) is 0. The van der Waals surface area contributed by atoms with E-state index >= 15 is 0 Å². The molecular formula is C10H13ClN2O. The third kappa shape index (κ3) is 2.22. The highest BCUT2D eigenvalue weighted by Crippen LogP contribution is 2.22. The molecule has 1 aliphatic rings. The monoisotopic (exact) mass is 212 g/mol. The Labute approximate surface area is 88.5 Å². The molecule has 1 saturated heterocycles. The van der Waals surface area contributed by atoms with E-state index < -0.39 is 0 Å². The minimum atomic E-state index is 0.369. The molecule has 76 valence electrons. The first-order valence-corrected chi connectivity index (χ1v) is 5.38. The summed E-state index contributed by atoms with van der Waals surface area (Å²) in [5, 5.41) is 0. The molecule has 0 bridgehead atoms. The van der Waals surface area contributed by atoms with Crippen molar-refractivity contribution in [2.24, 2.45) is 0 Å². The molecule has 4 heteroatoms. The molecule has 0 aliphatic carbocycles. The van der Waals surface area contributed by atoms with Crippen molar-refractivity contribution in [3.05, 3.63) is 23.8 Å². The molecule has 1 aromatic rings. The van der Waals surface area contributed by atoms with Crippen molar-refractivity contribution in [1.82, 2.24) is 9.97 Å². The van der Waals surface area contributed by atoms with Gasteiger partial charge in [0.2, 0.25) is 0 Å². The second kappa shape index (κ2) is 4.71. The lowest BCUT2D eigenvalue weighted by molar-refractivity contribution is 0.0780. The minimum Gasteiger partial charge on any atom is -0.381 e. The van der Waals surface area contributed by atoms with Gasteiger partial charge in [0.05, 0.1) is 12.5 Å². The van der Waals surface area contributed by atoms with Gasteiger partial charge in [0.1, 0.15) is 5.82 Å². The van der Waals surface area contributed by atoms with E-state index in [9.17, 15) is 0 Å². The number of hydrogen-bond donors (Lipinski definition) is 0. The van der Waals surface area contributed by atoms with Crippen LogP contribution >= 0.6 is 11.6 Å². The van der Waals surface area contributed by atoms with Crippen molar-refractivity contribution < 1.29 is 4.74 Å². The number of hydrogen-bond acceptors (Lipinski definition) is 3. The maximum Gasteiger partial charge on any atom is 0.133 e. The summed E-state index contributed by atoms with van der Waals surface area (Å²) in [5.74, 6) is 1.73. The maximum absolute atomic E-state index is 5.66. The quantitative estimate of drug-likeness (QED) is 0.705. The van der Waals surface area contributed by atoms with Gasteiger partial charge in [0.25, 0.3) is 0 Å². The summed E-state index contributed by atoms with van der Waals surface area (Å²) >= 11 is 5.66. The van der Waals surface area contributed by atoms with E-state index in [2.05, 4.69) is 9.97 Å². The number of alkyl halides is 1. The summed E-state index contributed by atoms with van der Waals surface area (Å²) < 4.78 is 5.39. The Kier molecular flexibility index (Phi) is 3.32. The van der Waals surface area contributed by atoms with Crippen molar-refractivity contribution in [2.75, 3.05) is 13.2 Å². The molecule has 1 aliphatic heterocycles. The van der Waals surface area contributed by atoms with Crippen LogP contribution in [0.3, 0.4) is 0 Å². The Bertz CT molecular complexity index is 283. The number of halogens is 1. The molecule has 14 heavy (non-hydrogen) atoms. The third-order valence-electron chi connectivity index (χ3n) is 2.41. The molecule has 1 aromatic heterocycles. The van der Waals surface area contributed by atoms with Gasteiger partial charge in [-0.15, -0.1) is 11.6 Å². The Balaban J connectivity index is 2.07. The van der Waals surface area contributed by atoms with E-state index in [0.29, 0.717) is 11.8 Å². The van der Waals surface area contributed by atoms with Gasteiger partial charge in [-0.05, 0) is 12.8 Å². The predicted molar refractivity (Wildman–Crippen MR) is 54.4 cm³/mol. The highest BCUT2D eigenvalue weighted by molar-refractivity contribution is 6.17. The van der Waals surface area contributed by atoms with Crippen LogP contribution in [0.5, 0.6) is 0 Å². The average molecular weight is 213 g/mol. The van der Waals surface area contributed by atoms with Crippen LogP contribution in [0.25, 0.3) is 0 Å². The topological polar surface area (TPSA) is 35.0 Å². The highest BCUT2D eigenvalue weighted by Gasteiger charge is 2.18. The number of ether oxygens (including phenoxy) is 1. The van der Waals surface area contributed by atoms with Gasteiger partial charge < -0.3 is 4.74 Å². The molecule has 2 rings (SSSR count). The van der Waals surface area contributed by atoms with Crippen LogP contribution in [0.15, 0.2) is 12.4 Å². The van der Waals surface area contributed by atoms with Crippen LogP contribution in [0.4, 0.5) is 0 Å². The number of nitrogens with zero attached hydrogens (tertiary/aromatic N) is 2. The first-order valence-electron chi connectivity index (χ1n) is 4.84. The third-order valence-corrected chi connectivity index (χ3v) is 2.71. The molecule has 1 atom stereocenters. The summed E-state index contributed by atoms with van der Waals surface area (Å²) in [6.45, 7) is 1.62. The molecule has 2 heterocycles. The second-order valence-electron chi connectivity index (χ2n) is 3.50. The molecule has 0 N–H and O–H groups in total. The highest BCUT2D eigenvalue weighted by atomic mass is 35.5. The summed E-state index contributed by atoms with van der Waals surface area (Å²) in [4.78, 5) is 8.60. The fourth-order valence-electron chi connectivity index (χ4n) is 1.59. The lowest BCUT2D eigenvalue weighted by Crippen LogP contribution is -2.17. The normalized spacial score (nSPS) is 22.2. The molecule has 3 nitrogen and oxygen atoms in total. The van der Waals surface area contributed by atoms with Gasteiger partial charge in [-0.1, -0.05) is 0 Å². The first kappa shape index (κ1) is 9.87. The molecular weight excluding hydrogens is 200 g/mol. The Morgan fingerprint density at radius 1 is 1.43 bits per heavy atom. The summed E-state index contributed by atoms with van der Waals surface area (Å²) in [6, 6.07) is 0. The lowest BCUT2D eigenvalue weighted by Gasteiger charge is -2.20. The first-order chi connectivity index (χ1) is 6.90. The molecule has 0 radical (unpaired) electrons. The molecule has 1 fully saturated rings. The standard InChI is InChI=1S/C10H13ClN2O/c11-4-8-5-12-10(13-6-8)9-2-1-3-14-7-9/h5-6,9H,1-4,7H2. The Morgan fingerprint density at radius 2 is 2.21 bits per heavy atom. The fraction of sp³-hybridized carbons (Fsp3) is 0.600. The molecule has 0 saturated carbocycles. The zero-order valence-electron chi connectivity index (χ0n) is 7.95. The molecule has 0 amide bonds. The van der Waals surface area contributed by atoms with Crippen LogP contribution in [0.2, 0.25) is 0 Å². The van der Waals surface area contributed by atoms with Gasteiger partial charge >= 0.3 is 0 Å².